The predicted molar refractivity (Wildman–Crippen MR) is 109 cm³/mol. The molecule has 4 nitrogen and oxygen atoms in total. The number of ether oxygens (including phenoxy) is 3. The van der Waals surface area contributed by atoms with E-state index in [4.69, 9.17) is 14.2 Å². The van der Waals surface area contributed by atoms with Crippen molar-refractivity contribution in [2.75, 3.05) is 13.2 Å². The van der Waals surface area contributed by atoms with E-state index >= 15 is 0 Å². The molecule has 0 bridgehead atoms. The molecule has 0 amide bonds. The van der Waals surface area contributed by atoms with Crippen LogP contribution in [0.3, 0.4) is 0 Å². The van der Waals surface area contributed by atoms with Crippen molar-refractivity contribution in [3.05, 3.63) is 12.2 Å². The molecule has 1 spiro atoms. The Balaban J connectivity index is 1.26. The third kappa shape index (κ3) is 2.42. The van der Waals surface area contributed by atoms with Gasteiger partial charge in [0.05, 0.1) is 13.2 Å². The van der Waals surface area contributed by atoms with Crippen molar-refractivity contribution in [2.24, 2.45) is 40.4 Å². The molecule has 0 aromatic rings. The van der Waals surface area contributed by atoms with Crippen molar-refractivity contribution < 1.29 is 19.0 Å². The monoisotopic (exact) mass is 400 g/mol. The van der Waals surface area contributed by atoms with E-state index in [1.54, 1.807) is 0 Å². The highest BCUT2D eigenvalue weighted by molar-refractivity contribution is 5.91. The van der Waals surface area contributed by atoms with Crippen molar-refractivity contribution in [3.8, 4) is 0 Å². The van der Waals surface area contributed by atoms with Gasteiger partial charge in [-0.2, -0.15) is 0 Å². The number of hydrogen-bond acceptors (Lipinski definition) is 4. The second-order valence-electron chi connectivity index (χ2n) is 11.5. The molecule has 2 saturated heterocycles. The Morgan fingerprint density at radius 2 is 1.76 bits per heavy atom. The molecule has 0 aromatic carbocycles. The van der Waals surface area contributed by atoms with Crippen LogP contribution in [-0.4, -0.2) is 31.1 Å². The minimum Gasteiger partial charge on any atom is -0.458 e. The molecule has 0 radical (unpaired) electrons. The summed E-state index contributed by atoms with van der Waals surface area (Å²) in [5.74, 6) is 2.80. The predicted octanol–water partition coefficient (Wildman–Crippen LogP) is 4.87. The van der Waals surface area contributed by atoms with Gasteiger partial charge in [-0.1, -0.05) is 20.4 Å². The molecule has 160 valence electrons. The lowest BCUT2D eigenvalue weighted by Crippen LogP contribution is -2.57. The zero-order valence-electron chi connectivity index (χ0n) is 18.1. The molecule has 6 aliphatic rings. The summed E-state index contributed by atoms with van der Waals surface area (Å²) in [7, 11) is 0. The highest BCUT2D eigenvalue weighted by Crippen LogP contribution is 2.70. The van der Waals surface area contributed by atoms with E-state index in [0.717, 1.165) is 56.3 Å². The Morgan fingerprint density at radius 1 is 0.966 bits per heavy atom. The van der Waals surface area contributed by atoms with Gasteiger partial charge < -0.3 is 14.2 Å². The molecule has 8 atom stereocenters. The average Bonchev–Trinajstić information content (AvgIpc) is 3.16. The van der Waals surface area contributed by atoms with E-state index < -0.39 is 0 Å². The van der Waals surface area contributed by atoms with E-state index in [-0.39, 0.29) is 29.2 Å². The van der Waals surface area contributed by atoms with Crippen molar-refractivity contribution >= 4 is 5.97 Å². The molecule has 6 fully saturated rings. The Labute approximate surface area is 174 Å². The van der Waals surface area contributed by atoms with Crippen molar-refractivity contribution in [1.29, 1.82) is 0 Å². The van der Waals surface area contributed by atoms with Gasteiger partial charge in [-0.15, -0.1) is 0 Å². The third-order valence-electron chi connectivity index (χ3n) is 10.6. The van der Waals surface area contributed by atoms with Crippen LogP contribution in [0.2, 0.25) is 0 Å². The highest BCUT2D eigenvalue weighted by Gasteiger charge is 2.66. The SMILES string of the molecule is C=C1C(=O)O[C@H]2C[C@H]3[C@@H]4CC[C@H]5CC6(CC[C@]5(C)[C@H]4CC[C@]3(C)[C@@H]12)OCCCO6. The number of rotatable bonds is 0. The first-order valence-corrected chi connectivity index (χ1v) is 12.0. The summed E-state index contributed by atoms with van der Waals surface area (Å²) in [6, 6.07) is 0. The summed E-state index contributed by atoms with van der Waals surface area (Å²) in [4.78, 5) is 12.1. The summed E-state index contributed by atoms with van der Waals surface area (Å²) < 4.78 is 18.2. The van der Waals surface area contributed by atoms with E-state index in [9.17, 15) is 4.79 Å². The molecule has 4 heteroatoms. The van der Waals surface area contributed by atoms with Crippen LogP contribution in [-0.2, 0) is 19.0 Å². The summed E-state index contributed by atoms with van der Waals surface area (Å²) >= 11 is 0. The number of fused-ring (bicyclic) bond motifs is 7. The normalized spacial score (nSPS) is 53.0. The van der Waals surface area contributed by atoms with Gasteiger partial charge in [0, 0.05) is 24.3 Å². The van der Waals surface area contributed by atoms with E-state index in [1.165, 1.54) is 32.1 Å². The molecule has 6 rings (SSSR count). The molecule has 29 heavy (non-hydrogen) atoms. The topological polar surface area (TPSA) is 44.8 Å². The molecule has 0 aromatic heterocycles. The van der Waals surface area contributed by atoms with E-state index in [1.807, 2.05) is 0 Å². The van der Waals surface area contributed by atoms with Crippen molar-refractivity contribution in [2.45, 2.75) is 83.5 Å². The second kappa shape index (κ2) is 6.09. The summed E-state index contributed by atoms with van der Waals surface area (Å²) in [6.07, 6.45) is 10.7. The third-order valence-corrected chi connectivity index (χ3v) is 10.6. The Kier molecular flexibility index (Phi) is 3.96. The summed E-state index contributed by atoms with van der Waals surface area (Å²) in [5, 5.41) is 0. The zero-order chi connectivity index (χ0) is 20.0. The highest BCUT2D eigenvalue weighted by atomic mass is 16.7. The molecule has 0 N–H and O–H groups in total. The average molecular weight is 401 g/mol. The largest absolute Gasteiger partial charge is 0.458 e. The van der Waals surface area contributed by atoms with Crippen LogP contribution in [0.25, 0.3) is 0 Å². The van der Waals surface area contributed by atoms with Crippen LogP contribution in [0.15, 0.2) is 12.2 Å². The van der Waals surface area contributed by atoms with Crippen LogP contribution >= 0.6 is 0 Å². The molecule has 4 aliphatic carbocycles. The smallest absolute Gasteiger partial charge is 0.334 e. The van der Waals surface area contributed by atoms with Gasteiger partial charge in [0.1, 0.15) is 6.10 Å². The molecule has 2 heterocycles. The molecule has 0 unspecified atom stereocenters. The standard InChI is InChI=1S/C25H36O4/c1-15-21-20(29-22(15)26)13-19-17-6-5-16-14-25(27-11-4-12-28-25)10-9-23(16,2)18(17)7-8-24(19,21)3/h16-21H,1,4-14H2,2-3H3/t16-,17+,18-,19-,20-,21-,23-,24-/m0/s1. The quantitative estimate of drug-likeness (QED) is 0.430. The molecule has 2 aliphatic heterocycles. The van der Waals surface area contributed by atoms with Gasteiger partial charge >= 0.3 is 5.97 Å². The fourth-order valence-corrected chi connectivity index (χ4v) is 9.14. The summed E-state index contributed by atoms with van der Waals surface area (Å²) in [6.45, 7) is 10.9. The van der Waals surface area contributed by atoms with Crippen molar-refractivity contribution in [3.63, 3.8) is 0 Å². The number of esters is 1. The first-order valence-electron chi connectivity index (χ1n) is 12.0. The lowest BCUT2D eigenvalue weighted by molar-refractivity contribution is -0.305. The molecule has 4 saturated carbocycles. The first-order chi connectivity index (χ1) is 13.9. The maximum Gasteiger partial charge on any atom is 0.334 e. The Hall–Kier alpha value is -0.870. The summed E-state index contributed by atoms with van der Waals surface area (Å²) in [5.41, 5.74) is 1.36. The lowest BCUT2D eigenvalue weighted by atomic mass is 9.44. The minimum absolute atomic E-state index is 0.0907. The van der Waals surface area contributed by atoms with E-state index in [2.05, 4.69) is 20.4 Å². The Morgan fingerprint density at radius 3 is 2.55 bits per heavy atom. The fourth-order valence-electron chi connectivity index (χ4n) is 9.14. The van der Waals surface area contributed by atoms with Gasteiger partial charge in [-0.05, 0) is 79.4 Å². The van der Waals surface area contributed by atoms with Gasteiger partial charge in [-0.3, -0.25) is 0 Å². The maximum absolute atomic E-state index is 12.1. The van der Waals surface area contributed by atoms with E-state index in [0.29, 0.717) is 17.3 Å². The number of carbonyl (C=O) groups excluding carboxylic acids is 1. The number of carbonyl (C=O) groups is 1. The van der Waals surface area contributed by atoms with Crippen LogP contribution in [0.4, 0.5) is 0 Å². The Bertz CT molecular complexity index is 739. The van der Waals surface area contributed by atoms with Gasteiger partial charge in [0.25, 0.3) is 0 Å². The van der Waals surface area contributed by atoms with Crippen molar-refractivity contribution in [1.82, 2.24) is 0 Å². The number of hydrogen-bond donors (Lipinski definition) is 0. The molecular weight excluding hydrogens is 364 g/mol. The van der Waals surface area contributed by atoms with Crippen LogP contribution in [0.1, 0.15) is 71.6 Å². The fraction of sp³-hybridized carbons (Fsp3) is 0.880. The lowest BCUT2D eigenvalue weighted by Gasteiger charge is -2.62. The van der Waals surface area contributed by atoms with Crippen LogP contribution in [0, 0.1) is 40.4 Å². The van der Waals surface area contributed by atoms with Gasteiger partial charge in [0.2, 0.25) is 0 Å². The van der Waals surface area contributed by atoms with Crippen LogP contribution in [0.5, 0.6) is 0 Å². The van der Waals surface area contributed by atoms with Gasteiger partial charge in [-0.25, -0.2) is 4.79 Å². The second-order valence-corrected chi connectivity index (χ2v) is 11.5. The minimum atomic E-state index is -0.283. The zero-order valence-corrected chi connectivity index (χ0v) is 18.1. The molecular formula is C25H36O4. The van der Waals surface area contributed by atoms with Crippen LogP contribution < -0.4 is 0 Å². The first kappa shape index (κ1) is 18.9. The maximum atomic E-state index is 12.1. The van der Waals surface area contributed by atoms with Gasteiger partial charge in [0.15, 0.2) is 5.79 Å².